The highest BCUT2D eigenvalue weighted by Gasteiger charge is 2.22. The fraction of sp³-hybridized carbons (Fsp3) is 0.583. The summed E-state index contributed by atoms with van der Waals surface area (Å²) in [6.07, 6.45) is 2.48. The van der Waals surface area contributed by atoms with Gasteiger partial charge in [0, 0.05) is 18.4 Å². The number of fused-ring (bicyclic) bond motifs is 1. The van der Waals surface area contributed by atoms with Crippen LogP contribution in [0.4, 0.5) is 4.79 Å². The van der Waals surface area contributed by atoms with Gasteiger partial charge in [0.1, 0.15) is 5.60 Å². The SMILES string of the molecule is CC(C)(C)OC(=O)n1ccc2c1CNCC2. The molecule has 16 heavy (non-hydrogen) atoms. The van der Waals surface area contributed by atoms with Gasteiger partial charge in [0.25, 0.3) is 0 Å². The average Bonchev–Trinajstić information content (AvgIpc) is 2.58. The Hall–Kier alpha value is -1.29. The van der Waals surface area contributed by atoms with Gasteiger partial charge in [-0.05, 0) is 45.4 Å². The molecule has 2 heterocycles. The van der Waals surface area contributed by atoms with Crippen LogP contribution in [0.15, 0.2) is 12.3 Å². The largest absolute Gasteiger partial charge is 0.443 e. The third-order valence-corrected chi connectivity index (χ3v) is 2.54. The molecule has 88 valence electrons. The molecule has 0 radical (unpaired) electrons. The molecule has 0 fully saturated rings. The van der Waals surface area contributed by atoms with Crippen LogP contribution in [0.3, 0.4) is 0 Å². The van der Waals surface area contributed by atoms with Crippen molar-refractivity contribution in [3.63, 3.8) is 0 Å². The molecule has 1 aromatic rings. The van der Waals surface area contributed by atoms with Gasteiger partial charge in [-0.25, -0.2) is 4.79 Å². The highest BCUT2D eigenvalue weighted by atomic mass is 16.6. The topological polar surface area (TPSA) is 43.3 Å². The van der Waals surface area contributed by atoms with E-state index in [1.54, 1.807) is 10.8 Å². The Labute approximate surface area is 95.6 Å². The first-order valence-corrected chi connectivity index (χ1v) is 5.60. The summed E-state index contributed by atoms with van der Waals surface area (Å²) in [5, 5.41) is 3.26. The van der Waals surface area contributed by atoms with Gasteiger partial charge in [0.15, 0.2) is 0 Å². The van der Waals surface area contributed by atoms with Crippen molar-refractivity contribution in [3.8, 4) is 0 Å². The first kappa shape index (κ1) is 11.2. The zero-order valence-electron chi connectivity index (χ0n) is 10.0. The minimum absolute atomic E-state index is 0.294. The molecule has 0 aliphatic carbocycles. The van der Waals surface area contributed by atoms with E-state index in [-0.39, 0.29) is 6.09 Å². The van der Waals surface area contributed by atoms with E-state index in [1.807, 2.05) is 26.8 Å². The zero-order valence-corrected chi connectivity index (χ0v) is 10.0. The van der Waals surface area contributed by atoms with Crippen molar-refractivity contribution in [2.75, 3.05) is 6.54 Å². The summed E-state index contributed by atoms with van der Waals surface area (Å²) in [4.78, 5) is 11.9. The number of nitrogens with zero attached hydrogens (tertiary/aromatic N) is 1. The standard InChI is InChI=1S/C12H18N2O2/c1-12(2,3)16-11(15)14-7-5-9-4-6-13-8-10(9)14/h5,7,13H,4,6,8H2,1-3H3. The molecule has 4 nitrogen and oxygen atoms in total. The van der Waals surface area contributed by atoms with E-state index in [1.165, 1.54) is 5.56 Å². The van der Waals surface area contributed by atoms with Crippen LogP contribution in [0.25, 0.3) is 0 Å². The lowest BCUT2D eigenvalue weighted by atomic mass is 10.1. The van der Waals surface area contributed by atoms with Crippen LogP contribution in [0.1, 0.15) is 32.0 Å². The Morgan fingerprint density at radius 1 is 1.50 bits per heavy atom. The predicted octanol–water partition coefficient (Wildman–Crippen LogP) is 1.92. The Morgan fingerprint density at radius 3 is 2.94 bits per heavy atom. The number of hydrogen-bond acceptors (Lipinski definition) is 3. The van der Waals surface area contributed by atoms with Gasteiger partial charge >= 0.3 is 6.09 Å². The molecule has 0 unspecified atom stereocenters. The minimum atomic E-state index is -0.448. The maximum Gasteiger partial charge on any atom is 0.418 e. The van der Waals surface area contributed by atoms with Crippen LogP contribution in [0, 0.1) is 0 Å². The van der Waals surface area contributed by atoms with Crippen molar-refractivity contribution in [1.82, 2.24) is 9.88 Å². The number of hydrogen-bond donors (Lipinski definition) is 1. The second-order valence-electron chi connectivity index (χ2n) is 5.06. The van der Waals surface area contributed by atoms with Crippen LogP contribution >= 0.6 is 0 Å². The molecule has 0 atom stereocenters. The molecule has 2 rings (SSSR count). The first-order chi connectivity index (χ1) is 7.47. The van der Waals surface area contributed by atoms with Crippen molar-refractivity contribution in [1.29, 1.82) is 0 Å². The lowest BCUT2D eigenvalue weighted by Crippen LogP contribution is -2.31. The molecular weight excluding hydrogens is 204 g/mol. The second-order valence-corrected chi connectivity index (χ2v) is 5.06. The highest BCUT2D eigenvalue weighted by Crippen LogP contribution is 2.17. The van der Waals surface area contributed by atoms with Gasteiger partial charge in [-0.15, -0.1) is 0 Å². The molecule has 1 aliphatic rings. The summed E-state index contributed by atoms with van der Waals surface area (Å²) < 4.78 is 6.95. The maximum atomic E-state index is 11.9. The lowest BCUT2D eigenvalue weighted by molar-refractivity contribution is 0.0531. The van der Waals surface area contributed by atoms with Gasteiger partial charge in [0.2, 0.25) is 0 Å². The number of nitrogens with one attached hydrogen (secondary N) is 1. The molecular formula is C12H18N2O2. The fourth-order valence-electron chi connectivity index (χ4n) is 1.84. The third-order valence-electron chi connectivity index (χ3n) is 2.54. The van der Waals surface area contributed by atoms with Gasteiger partial charge in [0.05, 0.1) is 0 Å². The molecule has 0 aromatic carbocycles. The number of aromatic nitrogens is 1. The molecule has 0 saturated heterocycles. The summed E-state index contributed by atoms with van der Waals surface area (Å²) in [6.45, 7) is 7.34. The third kappa shape index (κ3) is 2.27. The molecule has 4 heteroatoms. The van der Waals surface area contributed by atoms with Crippen molar-refractivity contribution in [3.05, 3.63) is 23.5 Å². The fourth-order valence-corrected chi connectivity index (χ4v) is 1.84. The van der Waals surface area contributed by atoms with Crippen molar-refractivity contribution < 1.29 is 9.53 Å². The quantitative estimate of drug-likeness (QED) is 0.729. The van der Waals surface area contributed by atoms with E-state index in [0.29, 0.717) is 0 Å². The second kappa shape index (κ2) is 3.94. The van der Waals surface area contributed by atoms with Gasteiger partial charge in [-0.1, -0.05) is 0 Å². The Bertz CT molecular complexity index is 402. The Morgan fingerprint density at radius 2 is 2.25 bits per heavy atom. The van der Waals surface area contributed by atoms with Crippen molar-refractivity contribution in [2.24, 2.45) is 0 Å². The van der Waals surface area contributed by atoms with E-state index in [9.17, 15) is 4.79 Å². The first-order valence-electron chi connectivity index (χ1n) is 5.60. The maximum absolute atomic E-state index is 11.9. The summed E-state index contributed by atoms with van der Waals surface area (Å²) >= 11 is 0. The van der Waals surface area contributed by atoms with Crippen LogP contribution in [0.5, 0.6) is 0 Å². The van der Waals surface area contributed by atoms with Crippen LogP contribution in [0.2, 0.25) is 0 Å². The number of ether oxygens (including phenoxy) is 1. The van der Waals surface area contributed by atoms with Crippen LogP contribution in [-0.2, 0) is 17.7 Å². The number of rotatable bonds is 0. The molecule has 0 bridgehead atoms. The van der Waals surface area contributed by atoms with Gasteiger partial charge in [-0.3, -0.25) is 4.57 Å². The molecule has 1 aromatic heterocycles. The van der Waals surface area contributed by atoms with E-state index in [4.69, 9.17) is 4.74 Å². The average molecular weight is 222 g/mol. The normalized spacial score (nSPS) is 15.7. The molecule has 1 aliphatic heterocycles. The summed E-state index contributed by atoms with van der Waals surface area (Å²) in [5.41, 5.74) is 1.82. The van der Waals surface area contributed by atoms with E-state index in [0.717, 1.165) is 25.2 Å². The van der Waals surface area contributed by atoms with Gasteiger partial charge in [-0.2, -0.15) is 0 Å². The number of carbonyl (C=O) groups is 1. The number of carbonyl (C=O) groups excluding carboxylic acids is 1. The van der Waals surface area contributed by atoms with E-state index in [2.05, 4.69) is 5.32 Å². The Kier molecular flexibility index (Phi) is 2.76. The van der Waals surface area contributed by atoms with Gasteiger partial charge < -0.3 is 10.1 Å². The monoisotopic (exact) mass is 222 g/mol. The molecule has 1 N–H and O–H groups in total. The predicted molar refractivity (Wildman–Crippen MR) is 61.5 cm³/mol. The summed E-state index contributed by atoms with van der Waals surface area (Å²) in [7, 11) is 0. The van der Waals surface area contributed by atoms with Crippen LogP contribution < -0.4 is 5.32 Å². The summed E-state index contributed by atoms with van der Waals surface area (Å²) in [6, 6.07) is 2.00. The molecule has 0 amide bonds. The van der Waals surface area contributed by atoms with E-state index >= 15 is 0 Å². The molecule has 0 saturated carbocycles. The van der Waals surface area contributed by atoms with Crippen molar-refractivity contribution in [2.45, 2.75) is 39.3 Å². The molecule has 0 spiro atoms. The smallest absolute Gasteiger partial charge is 0.418 e. The van der Waals surface area contributed by atoms with Crippen molar-refractivity contribution >= 4 is 6.09 Å². The Balaban J connectivity index is 2.21. The minimum Gasteiger partial charge on any atom is -0.443 e. The van der Waals surface area contributed by atoms with E-state index < -0.39 is 5.60 Å². The lowest BCUT2D eigenvalue weighted by Gasteiger charge is -2.21. The summed E-state index contributed by atoms with van der Waals surface area (Å²) in [5.74, 6) is 0. The zero-order chi connectivity index (χ0) is 11.8. The highest BCUT2D eigenvalue weighted by molar-refractivity contribution is 5.72. The van der Waals surface area contributed by atoms with Crippen LogP contribution in [-0.4, -0.2) is 22.8 Å².